The molecule has 0 bridgehead atoms. The fourth-order valence-corrected chi connectivity index (χ4v) is 2.61. The van der Waals surface area contributed by atoms with Crippen molar-refractivity contribution in [1.29, 1.82) is 0 Å². The van der Waals surface area contributed by atoms with Gasteiger partial charge in [0.1, 0.15) is 11.5 Å². The fraction of sp³-hybridized carbons (Fsp3) is 0.286. The molecule has 1 amide bonds. The van der Waals surface area contributed by atoms with Crippen molar-refractivity contribution in [2.24, 2.45) is 0 Å². The molecule has 2 N–H and O–H groups in total. The smallest absolute Gasteiger partial charge is 0.337 e. The largest absolute Gasteiger partial charge is 0.483 e. The minimum atomic E-state index is -1.26. The highest BCUT2D eigenvalue weighted by molar-refractivity contribution is 6.01. The molecule has 0 aliphatic carbocycles. The third-order valence-electron chi connectivity index (χ3n) is 4.18. The summed E-state index contributed by atoms with van der Waals surface area (Å²) < 4.78 is 10.5. The number of para-hydroxylation sites is 1. The molecule has 1 atom stereocenters. The lowest BCUT2D eigenvalue weighted by Crippen LogP contribution is -2.22. The highest BCUT2D eigenvalue weighted by atomic mass is 16.5. The van der Waals surface area contributed by atoms with E-state index in [2.05, 4.69) is 19.2 Å². The Bertz CT molecular complexity index is 877. The van der Waals surface area contributed by atoms with Crippen LogP contribution in [0.2, 0.25) is 0 Å². The number of rotatable bonds is 8. The Labute approximate surface area is 163 Å². The van der Waals surface area contributed by atoms with Crippen LogP contribution in [-0.2, 0) is 9.59 Å². The molecule has 28 heavy (non-hydrogen) atoms. The van der Waals surface area contributed by atoms with Gasteiger partial charge in [0, 0.05) is 6.92 Å². The maximum atomic E-state index is 12.3. The normalized spacial score (nSPS) is 11.4. The molecule has 0 aliphatic rings. The molecule has 0 radical (unpaired) electrons. The van der Waals surface area contributed by atoms with Crippen LogP contribution >= 0.6 is 0 Å². The summed E-state index contributed by atoms with van der Waals surface area (Å²) in [6, 6.07) is 11.4. The molecular weight excluding hydrogens is 362 g/mol. The number of carbonyl (C=O) groups is 3. The van der Waals surface area contributed by atoms with Crippen molar-refractivity contribution >= 4 is 23.5 Å². The average Bonchev–Trinajstić information content (AvgIpc) is 2.66. The van der Waals surface area contributed by atoms with E-state index in [-0.39, 0.29) is 29.5 Å². The van der Waals surface area contributed by atoms with E-state index >= 15 is 0 Å². The van der Waals surface area contributed by atoms with E-state index in [1.54, 1.807) is 6.07 Å². The number of carbonyl (C=O) groups excluding carboxylic acids is 2. The SMILES string of the molecule is CC[C@H](C)c1ccccc1OCC(=O)Nc1ccc(OC(C)=O)cc1C(=O)O. The van der Waals surface area contributed by atoms with Crippen molar-refractivity contribution < 1.29 is 29.0 Å². The third-order valence-corrected chi connectivity index (χ3v) is 4.18. The van der Waals surface area contributed by atoms with Crippen LogP contribution in [0.1, 0.15) is 49.0 Å². The first-order valence-corrected chi connectivity index (χ1v) is 8.89. The van der Waals surface area contributed by atoms with E-state index in [1.807, 2.05) is 18.2 Å². The molecule has 0 aromatic heterocycles. The number of nitrogens with one attached hydrogen (secondary N) is 1. The first-order chi connectivity index (χ1) is 13.3. The van der Waals surface area contributed by atoms with Crippen molar-refractivity contribution in [2.75, 3.05) is 11.9 Å². The summed E-state index contributed by atoms with van der Waals surface area (Å²) in [4.78, 5) is 34.7. The maximum Gasteiger partial charge on any atom is 0.337 e. The van der Waals surface area contributed by atoms with Gasteiger partial charge in [0.25, 0.3) is 5.91 Å². The molecule has 2 aromatic rings. The van der Waals surface area contributed by atoms with Gasteiger partial charge >= 0.3 is 11.9 Å². The quantitative estimate of drug-likeness (QED) is 0.529. The van der Waals surface area contributed by atoms with Gasteiger partial charge in [0.15, 0.2) is 6.61 Å². The number of anilines is 1. The highest BCUT2D eigenvalue weighted by Crippen LogP contribution is 2.28. The topological polar surface area (TPSA) is 102 Å². The van der Waals surface area contributed by atoms with Gasteiger partial charge in [0.2, 0.25) is 0 Å². The van der Waals surface area contributed by atoms with Crippen LogP contribution in [0.5, 0.6) is 11.5 Å². The predicted octanol–water partition coefficient (Wildman–Crippen LogP) is 3.84. The zero-order chi connectivity index (χ0) is 20.7. The monoisotopic (exact) mass is 385 g/mol. The van der Waals surface area contributed by atoms with Gasteiger partial charge < -0.3 is 19.9 Å². The number of carboxylic acids is 1. The van der Waals surface area contributed by atoms with Crippen LogP contribution in [0, 0.1) is 0 Å². The summed E-state index contributed by atoms with van der Waals surface area (Å²) in [5, 5.41) is 11.9. The number of aromatic carboxylic acids is 1. The van der Waals surface area contributed by atoms with Crippen molar-refractivity contribution in [3.8, 4) is 11.5 Å². The van der Waals surface area contributed by atoms with Crippen LogP contribution in [0.3, 0.4) is 0 Å². The highest BCUT2D eigenvalue weighted by Gasteiger charge is 2.16. The van der Waals surface area contributed by atoms with E-state index in [4.69, 9.17) is 9.47 Å². The molecule has 0 spiro atoms. The molecule has 0 saturated carbocycles. The van der Waals surface area contributed by atoms with Gasteiger partial charge in [-0.15, -0.1) is 0 Å². The molecule has 2 rings (SSSR count). The number of benzene rings is 2. The summed E-state index contributed by atoms with van der Waals surface area (Å²) in [5.74, 6) is -1.33. The molecular formula is C21H23NO6. The minimum absolute atomic E-state index is 0.0848. The second kappa shape index (κ2) is 9.55. The summed E-state index contributed by atoms with van der Waals surface area (Å²) in [7, 11) is 0. The molecule has 148 valence electrons. The number of amides is 1. The summed E-state index contributed by atoms with van der Waals surface area (Å²) >= 11 is 0. The van der Waals surface area contributed by atoms with Crippen LogP contribution in [0.15, 0.2) is 42.5 Å². The molecule has 7 heteroatoms. The van der Waals surface area contributed by atoms with Crippen molar-refractivity contribution in [2.45, 2.75) is 33.1 Å². The number of hydrogen-bond acceptors (Lipinski definition) is 5. The van der Waals surface area contributed by atoms with Gasteiger partial charge in [0.05, 0.1) is 11.3 Å². The van der Waals surface area contributed by atoms with Gasteiger partial charge in [-0.2, -0.15) is 0 Å². The van der Waals surface area contributed by atoms with E-state index in [1.165, 1.54) is 25.1 Å². The third kappa shape index (κ3) is 5.57. The standard InChI is InChI=1S/C21H23NO6/c1-4-13(2)16-7-5-6-8-19(16)27-12-20(24)22-18-10-9-15(28-14(3)23)11-17(18)21(25)26/h5-11,13H,4,12H2,1-3H3,(H,22,24)(H,25,26)/t13-/m0/s1. The first kappa shape index (κ1) is 21.0. The Morgan fingerprint density at radius 3 is 2.50 bits per heavy atom. The van der Waals surface area contributed by atoms with Crippen molar-refractivity contribution in [1.82, 2.24) is 0 Å². The van der Waals surface area contributed by atoms with Crippen LogP contribution in [0.4, 0.5) is 5.69 Å². The van der Waals surface area contributed by atoms with Gasteiger partial charge in [-0.3, -0.25) is 9.59 Å². The average molecular weight is 385 g/mol. The number of hydrogen-bond donors (Lipinski definition) is 2. The van der Waals surface area contributed by atoms with E-state index < -0.39 is 17.8 Å². The number of carboxylic acid groups (broad SMARTS) is 1. The predicted molar refractivity (Wildman–Crippen MR) is 104 cm³/mol. The summed E-state index contributed by atoms with van der Waals surface area (Å²) in [5.41, 5.74) is 0.911. The van der Waals surface area contributed by atoms with E-state index in [9.17, 15) is 19.5 Å². The Balaban J connectivity index is 2.09. The molecule has 7 nitrogen and oxygen atoms in total. The van der Waals surface area contributed by atoms with Gasteiger partial charge in [-0.05, 0) is 42.2 Å². The Kier molecular flexibility index (Phi) is 7.14. The number of esters is 1. The summed E-state index contributed by atoms with van der Waals surface area (Å²) in [6.45, 7) is 5.09. The van der Waals surface area contributed by atoms with Crippen LogP contribution in [-0.4, -0.2) is 29.6 Å². The zero-order valence-electron chi connectivity index (χ0n) is 16.0. The second-order valence-corrected chi connectivity index (χ2v) is 6.29. The lowest BCUT2D eigenvalue weighted by molar-refractivity contribution is -0.131. The van der Waals surface area contributed by atoms with Gasteiger partial charge in [-0.25, -0.2) is 4.79 Å². The summed E-state index contributed by atoms with van der Waals surface area (Å²) in [6.07, 6.45) is 0.934. The molecule has 0 saturated heterocycles. The van der Waals surface area contributed by atoms with Crippen molar-refractivity contribution in [3.63, 3.8) is 0 Å². The molecule has 0 unspecified atom stereocenters. The Hall–Kier alpha value is -3.35. The molecule has 0 aliphatic heterocycles. The fourth-order valence-electron chi connectivity index (χ4n) is 2.61. The molecule has 2 aromatic carbocycles. The van der Waals surface area contributed by atoms with Crippen LogP contribution < -0.4 is 14.8 Å². The van der Waals surface area contributed by atoms with Crippen molar-refractivity contribution in [3.05, 3.63) is 53.6 Å². The van der Waals surface area contributed by atoms with Gasteiger partial charge in [-0.1, -0.05) is 32.0 Å². The Morgan fingerprint density at radius 1 is 1.14 bits per heavy atom. The Morgan fingerprint density at radius 2 is 1.86 bits per heavy atom. The van der Waals surface area contributed by atoms with E-state index in [0.29, 0.717) is 5.75 Å². The lowest BCUT2D eigenvalue weighted by Gasteiger charge is -2.16. The van der Waals surface area contributed by atoms with Crippen LogP contribution in [0.25, 0.3) is 0 Å². The molecule has 0 fully saturated rings. The zero-order valence-corrected chi connectivity index (χ0v) is 16.0. The maximum absolute atomic E-state index is 12.3. The first-order valence-electron chi connectivity index (χ1n) is 8.89. The molecule has 0 heterocycles. The van der Waals surface area contributed by atoms with E-state index in [0.717, 1.165) is 12.0 Å². The number of ether oxygens (including phenoxy) is 2. The lowest BCUT2D eigenvalue weighted by atomic mass is 9.98. The minimum Gasteiger partial charge on any atom is -0.483 e. The second-order valence-electron chi connectivity index (χ2n) is 6.29.